The van der Waals surface area contributed by atoms with Crippen molar-refractivity contribution in [2.24, 2.45) is 0 Å². The van der Waals surface area contributed by atoms with Gasteiger partial charge >= 0.3 is 0 Å². The molecule has 0 spiro atoms. The number of carbonyl (C=O) groups is 2. The van der Waals surface area contributed by atoms with Crippen LogP contribution in [0, 0.1) is 0 Å². The standard InChI is InChI=1S/C22H12O2/c23-21-17-7-3-4-8-18(17)22(24)20-12-16-10-14-6-2-1-5-13(14)9-15(16)11-19(20)21/h1-12H. The van der Waals surface area contributed by atoms with Crippen LogP contribution in [0.1, 0.15) is 31.8 Å². The van der Waals surface area contributed by atoms with Crippen LogP contribution in [0.2, 0.25) is 0 Å². The Balaban J connectivity index is 1.85. The molecular weight excluding hydrogens is 296 g/mol. The van der Waals surface area contributed by atoms with E-state index in [4.69, 9.17) is 0 Å². The second kappa shape index (κ2) is 4.62. The monoisotopic (exact) mass is 308 g/mol. The number of rotatable bonds is 0. The van der Waals surface area contributed by atoms with Gasteiger partial charge in [0.1, 0.15) is 0 Å². The zero-order chi connectivity index (χ0) is 16.3. The minimum atomic E-state index is -0.0738. The molecule has 0 aromatic heterocycles. The van der Waals surface area contributed by atoms with Gasteiger partial charge in [0.2, 0.25) is 0 Å². The molecule has 4 aromatic carbocycles. The van der Waals surface area contributed by atoms with Crippen LogP contribution in [0.5, 0.6) is 0 Å². The van der Waals surface area contributed by atoms with Gasteiger partial charge in [-0.3, -0.25) is 9.59 Å². The number of carbonyl (C=O) groups excluding carboxylic acids is 2. The molecule has 0 bridgehead atoms. The Hall–Kier alpha value is -3.26. The molecule has 112 valence electrons. The molecule has 0 amide bonds. The summed E-state index contributed by atoms with van der Waals surface area (Å²) in [6.45, 7) is 0. The van der Waals surface area contributed by atoms with E-state index in [1.165, 1.54) is 0 Å². The molecule has 0 saturated carbocycles. The van der Waals surface area contributed by atoms with Gasteiger partial charge in [-0.05, 0) is 45.8 Å². The van der Waals surface area contributed by atoms with Crippen LogP contribution in [0.3, 0.4) is 0 Å². The summed E-state index contributed by atoms with van der Waals surface area (Å²) >= 11 is 0. The maximum atomic E-state index is 12.8. The predicted octanol–water partition coefficient (Wildman–Crippen LogP) is 4.77. The van der Waals surface area contributed by atoms with Crippen molar-refractivity contribution in [2.75, 3.05) is 0 Å². The Bertz CT molecular complexity index is 1090. The molecule has 0 radical (unpaired) electrons. The number of ketones is 2. The minimum absolute atomic E-state index is 0.0738. The summed E-state index contributed by atoms with van der Waals surface area (Å²) in [4.78, 5) is 25.6. The van der Waals surface area contributed by atoms with Crippen molar-refractivity contribution in [1.29, 1.82) is 0 Å². The Kier molecular flexibility index (Phi) is 2.54. The minimum Gasteiger partial charge on any atom is -0.289 e. The molecule has 1 aliphatic rings. The molecular formula is C22H12O2. The van der Waals surface area contributed by atoms with Crippen LogP contribution < -0.4 is 0 Å². The third-order valence-corrected chi connectivity index (χ3v) is 4.75. The first-order valence-electron chi connectivity index (χ1n) is 7.87. The van der Waals surface area contributed by atoms with Crippen molar-refractivity contribution < 1.29 is 9.59 Å². The molecule has 0 atom stereocenters. The summed E-state index contributed by atoms with van der Waals surface area (Å²) in [6.07, 6.45) is 0. The van der Waals surface area contributed by atoms with Gasteiger partial charge in [0.05, 0.1) is 0 Å². The third-order valence-electron chi connectivity index (χ3n) is 4.75. The predicted molar refractivity (Wildman–Crippen MR) is 94.8 cm³/mol. The lowest BCUT2D eigenvalue weighted by molar-refractivity contribution is 0.0979. The van der Waals surface area contributed by atoms with E-state index in [1.807, 2.05) is 24.3 Å². The highest BCUT2D eigenvalue weighted by Gasteiger charge is 2.29. The topological polar surface area (TPSA) is 34.1 Å². The number of hydrogen-bond donors (Lipinski definition) is 0. The number of benzene rings is 4. The van der Waals surface area contributed by atoms with E-state index in [-0.39, 0.29) is 11.6 Å². The van der Waals surface area contributed by atoms with Crippen molar-refractivity contribution in [2.45, 2.75) is 0 Å². The van der Waals surface area contributed by atoms with Gasteiger partial charge in [-0.1, -0.05) is 48.5 Å². The zero-order valence-corrected chi connectivity index (χ0v) is 12.7. The van der Waals surface area contributed by atoms with Gasteiger partial charge in [-0.15, -0.1) is 0 Å². The van der Waals surface area contributed by atoms with Crippen LogP contribution in [0.25, 0.3) is 21.5 Å². The van der Waals surface area contributed by atoms with Crippen molar-refractivity contribution in [3.63, 3.8) is 0 Å². The Morgan fingerprint density at radius 1 is 0.417 bits per heavy atom. The lowest BCUT2D eigenvalue weighted by atomic mass is 9.82. The zero-order valence-electron chi connectivity index (χ0n) is 12.7. The highest BCUT2D eigenvalue weighted by molar-refractivity contribution is 6.29. The Morgan fingerprint density at radius 3 is 1.29 bits per heavy atom. The fourth-order valence-corrected chi connectivity index (χ4v) is 3.54. The van der Waals surface area contributed by atoms with E-state index in [1.54, 1.807) is 24.3 Å². The normalized spacial score (nSPS) is 13.2. The molecule has 0 fully saturated rings. The maximum absolute atomic E-state index is 12.8. The second-order valence-electron chi connectivity index (χ2n) is 6.15. The van der Waals surface area contributed by atoms with Crippen molar-refractivity contribution in [3.8, 4) is 0 Å². The Labute approximate surface area is 138 Å². The maximum Gasteiger partial charge on any atom is 0.194 e. The van der Waals surface area contributed by atoms with Crippen LogP contribution in [-0.4, -0.2) is 11.6 Å². The summed E-state index contributed by atoms with van der Waals surface area (Å²) in [7, 11) is 0. The number of hydrogen-bond acceptors (Lipinski definition) is 2. The van der Waals surface area contributed by atoms with Crippen molar-refractivity contribution in [1.82, 2.24) is 0 Å². The summed E-state index contributed by atoms with van der Waals surface area (Å²) in [6, 6.07) is 23.0. The van der Waals surface area contributed by atoms with Crippen LogP contribution >= 0.6 is 0 Å². The first kappa shape index (κ1) is 13.2. The highest BCUT2D eigenvalue weighted by Crippen LogP contribution is 2.32. The lowest BCUT2D eigenvalue weighted by Gasteiger charge is -2.18. The van der Waals surface area contributed by atoms with Gasteiger partial charge in [0.15, 0.2) is 11.6 Å². The van der Waals surface area contributed by atoms with Gasteiger partial charge in [-0.25, -0.2) is 0 Å². The smallest absolute Gasteiger partial charge is 0.194 e. The fourth-order valence-electron chi connectivity index (χ4n) is 3.54. The average Bonchev–Trinajstić information content (AvgIpc) is 2.63. The molecule has 0 unspecified atom stereocenters. The van der Waals surface area contributed by atoms with Crippen LogP contribution in [0.15, 0.2) is 72.8 Å². The lowest BCUT2D eigenvalue weighted by Crippen LogP contribution is -2.20. The fraction of sp³-hybridized carbons (Fsp3) is 0. The molecule has 0 N–H and O–H groups in total. The largest absolute Gasteiger partial charge is 0.289 e. The summed E-state index contributed by atoms with van der Waals surface area (Å²) < 4.78 is 0. The quantitative estimate of drug-likeness (QED) is 0.386. The molecule has 1 aliphatic carbocycles. The highest BCUT2D eigenvalue weighted by atomic mass is 16.1. The third kappa shape index (κ3) is 1.71. The van der Waals surface area contributed by atoms with Crippen LogP contribution in [0.4, 0.5) is 0 Å². The molecule has 2 heteroatoms. The van der Waals surface area contributed by atoms with E-state index >= 15 is 0 Å². The van der Waals surface area contributed by atoms with E-state index in [9.17, 15) is 9.59 Å². The van der Waals surface area contributed by atoms with Crippen molar-refractivity contribution >= 4 is 33.1 Å². The van der Waals surface area contributed by atoms with E-state index in [2.05, 4.69) is 24.3 Å². The van der Waals surface area contributed by atoms with Crippen LogP contribution in [-0.2, 0) is 0 Å². The summed E-state index contributed by atoms with van der Waals surface area (Å²) in [5.74, 6) is -0.148. The average molecular weight is 308 g/mol. The molecule has 5 rings (SSSR count). The van der Waals surface area contributed by atoms with E-state index < -0.39 is 0 Å². The van der Waals surface area contributed by atoms with Gasteiger partial charge in [-0.2, -0.15) is 0 Å². The summed E-state index contributed by atoms with van der Waals surface area (Å²) in [5, 5.41) is 4.21. The van der Waals surface area contributed by atoms with Crippen molar-refractivity contribution in [3.05, 3.63) is 95.1 Å². The van der Waals surface area contributed by atoms with Gasteiger partial charge in [0.25, 0.3) is 0 Å². The first-order valence-corrected chi connectivity index (χ1v) is 7.87. The van der Waals surface area contributed by atoms with E-state index in [0.29, 0.717) is 22.3 Å². The molecule has 0 heterocycles. The molecule has 0 aliphatic heterocycles. The number of fused-ring (bicyclic) bond motifs is 4. The van der Waals surface area contributed by atoms with E-state index in [0.717, 1.165) is 21.5 Å². The van der Waals surface area contributed by atoms with Gasteiger partial charge in [0, 0.05) is 22.3 Å². The Morgan fingerprint density at radius 2 is 0.833 bits per heavy atom. The molecule has 4 aromatic rings. The molecule has 2 nitrogen and oxygen atoms in total. The molecule has 0 saturated heterocycles. The summed E-state index contributed by atoms with van der Waals surface area (Å²) in [5.41, 5.74) is 1.99. The van der Waals surface area contributed by atoms with Gasteiger partial charge < -0.3 is 0 Å². The second-order valence-corrected chi connectivity index (χ2v) is 6.15. The SMILES string of the molecule is O=C1c2ccccc2C(=O)c2cc3cc4ccccc4cc3cc21. The molecule has 24 heavy (non-hydrogen) atoms. The first-order chi connectivity index (χ1) is 11.7.